The zero-order chi connectivity index (χ0) is 9.47. The molecule has 3 N–H and O–H groups in total. The van der Waals surface area contributed by atoms with E-state index in [1.165, 1.54) is 12.1 Å². The lowest BCUT2D eigenvalue weighted by molar-refractivity contribution is -0.0177. The number of nitrogens with one attached hydrogen (secondary N) is 1. The maximum atomic E-state index is 13.2. The summed E-state index contributed by atoms with van der Waals surface area (Å²) in [5, 5.41) is 21.6. The fourth-order valence-electron chi connectivity index (χ4n) is 1.43. The van der Waals surface area contributed by atoms with Crippen LogP contribution in [0.1, 0.15) is 5.56 Å². The molecule has 0 amide bonds. The molecule has 2 rings (SSSR count). The van der Waals surface area contributed by atoms with Gasteiger partial charge in [-0.15, -0.1) is 0 Å². The number of aliphatic hydroxyl groups is 1. The Hall–Kier alpha value is -1.13. The van der Waals surface area contributed by atoms with E-state index in [1.807, 2.05) is 0 Å². The Kier molecular flexibility index (Phi) is 1.75. The van der Waals surface area contributed by atoms with Crippen molar-refractivity contribution in [1.29, 1.82) is 0 Å². The van der Waals surface area contributed by atoms with Gasteiger partial charge in [-0.05, 0) is 12.1 Å². The molecule has 13 heavy (non-hydrogen) atoms. The Bertz CT molecular complexity index is 336. The smallest absolute Gasteiger partial charge is 0.133 e. The minimum absolute atomic E-state index is 0.128. The predicted molar refractivity (Wildman–Crippen MR) is 44.8 cm³/mol. The fraction of sp³-hybridized carbons (Fsp3) is 0.333. The van der Waals surface area contributed by atoms with E-state index < -0.39 is 11.4 Å². The molecule has 0 unspecified atom stereocenters. The third-order valence-electron chi connectivity index (χ3n) is 2.29. The van der Waals surface area contributed by atoms with Gasteiger partial charge in [0, 0.05) is 24.7 Å². The van der Waals surface area contributed by atoms with E-state index in [-0.39, 0.29) is 11.3 Å². The molecule has 0 spiro atoms. The molecule has 0 aromatic heterocycles. The van der Waals surface area contributed by atoms with Gasteiger partial charge in [-0.25, -0.2) is 4.39 Å². The molecular weight excluding hydrogens is 173 g/mol. The van der Waals surface area contributed by atoms with E-state index in [0.29, 0.717) is 13.1 Å². The van der Waals surface area contributed by atoms with Crippen LogP contribution in [0, 0.1) is 5.82 Å². The van der Waals surface area contributed by atoms with Crippen LogP contribution in [-0.2, 0) is 5.60 Å². The molecule has 4 heteroatoms. The first-order chi connectivity index (χ1) is 6.12. The second-order valence-corrected chi connectivity index (χ2v) is 3.30. The minimum Gasteiger partial charge on any atom is -0.508 e. The average molecular weight is 183 g/mol. The van der Waals surface area contributed by atoms with Gasteiger partial charge in [0.05, 0.1) is 0 Å². The number of phenols is 1. The van der Waals surface area contributed by atoms with Gasteiger partial charge in [-0.3, -0.25) is 0 Å². The van der Waals surface area contributed by atoms with Crippen molar-refractivity contribution in [3.8, 4) is 5.75 Å². The maximum Gasteiger partial charge on any atom is 0.133 e. The Balaban J connectivity index is 2.40. The summed E-state index contributed by atoms with van der Waals surface area (Å²) < 4.78 is 13.2. The van der Waals surface area contributed by atoms with E-state index in [0.717, 1.165) is 6.07 Å². The van der Waals surface area contributed by atoms with Gasteiger partial charge < -0.3 is 15.5 Å². The summed E-state index contributed by atoms with van der Waals surface area (Å²) in [5.74, 6) is -0.693. The molecule has 0 saturated carbocycles. The molecule has 0 bridgehead atoms. The van der Waals surface area contributed by atoms with Crippen molar-refractivity contribution in [3.63, 3.8) is 0 Å². The molecule has 0 atom stereocenters. The zero-order valence-corrected chi connectivity index (χ0v) is 6.92. The first-order valence-electron chi connectivity index (χ1n) is 4.04. The lowest BCUT2D eigenvalue weighted by Gasteiger charge is -2.38. The van der Waals surface area contributed by atoms with Crippen LogP contribution >= 0.6 is 0 Å². The number of aromatic hydroxyl groups is 1. The highest BCUT2D eigenvalue weighted by atomic mass is 19.1. The van der Waals surface area contributed by atoms with Gasteiger partial charge in [-0.2, -0.15) is 0 Å². The average Bonchev–Trinajstić information content (AvgIpc) is 2.00. The number of benzene rings is 1. The summed E-state index contributed by atoms with van der Waals surface area (Å²) in [5.41, 5.74) is -0.860. The Morgan fingerprint density at radius 3 is 2.54 bits per heavy atom. The summed E-state index contributed by atoms with van der Waals surface area (Å²) in [7, 11) is 0. The number of rotatable bonds is 1. The summed E-state index contributed by atoms with van der Waals surface area (Å²) in [6.45, 7) is 0.712. The largest absolute Gasteiger partial charge is 0.508 e. The molecule has 1 saturated heterocycles. The van der Waals surface area contributed by atoms with Gasteiger partial charge in [-0.1, -0.05) is 0 Å². The molecule has 70 valence electrons. The summed E-state index contributed by atoms with van der Waals surface area (Å²) >= 11 is 0. The molecular formula is C9H10FNO2. The first kappa shape index (κ1) is 8.47. The summed E-state index contributed by atoms with van der Waals surface area (Å²) in [4.78, 5) is 0. The highest BCUT2D eigenvalue weighted by Gasteiger charge is 2.38. The number of β-amino-alcohol motifs (C(OH)–C–C–N with tert-alkyl or cyclic N) is 1. The molecule has 0 radical (unpaired) electrons. The van der Waals surface area contributed by atoms with Crippen molar-refractivity contribution >= 4 is 0 Å². The van der Waals surface area contributed by atoms with Crippen LogP contribution in [0.5, 0.6) is 5.75 Å². The van der Waals surface area contributed by atoms with E-state index in [9.17, 15) is 9.50 Å². The van der Waals surface area contributed by atoms with Crippen molar-refractivity contribution in [2.45, 2.75) is 5.60 Å². The van der Waals surface area contributed by atoms with E-state index in [4.69, 9.17) is 5.11 Å². The third-order valence-corrected chi connectivity index (χ3v) is 2.29. The number of phenolic OH excluding ortho intramolecular Hbond substituents is 1. The lowest BCUT2D eigenvalue weighted by atomic mass is 9.88. The van der Waals surface area contributed by atoms with Crippen LogP contribution in [0.25, 0.3) is 0 Å². The molecule has 1 aromatic carbocycles. The Morgan fingerprint density at radius 1 is 1.38 bits per heavy atom. The second-order valence-electron chi connectivity index (χ2n) is 3.30. The van der Waals surface area contributed by atoms with Crippen LogP contribution < -0.4 is 5.32 Å². The molecule has 1 heterocycles. The van der Waals surface area contributed by atoms with Crippen LogP contribution in [0.4, 0.5) is 4.39 Å². The first-order valence-corrected chi connectivity index (χ1v) is 4.04. The van der Waals surface area contributed by atoms with Gasteiger partial charge in [0.15, 0.2) is 0 Å². The zero-order valence-electron chi connectivity index (χ0n) is 6.92. The molecule has 3 nitrogen and oxygen atoms in total. The highest BCUT2D eigenvalue weighted by molar-refractivity contribution is 5.33. The van der Waals surface area contributed by atoms with E-state index >= 15 is 0 Å². The van der Waals surface area contributed by atoms with Crippen LogP contribution in [0.3, 0.4) is 0 Å². The summed E-state index contributed by atoms with van der Waals surface area (Å²) in [6.07, 6.45) is 0. The van der Waals surface area contributed by atoms with Crippen molar-refractivity contribution in [2.24, 2.45) is 0 Å². The normalized spacial score (nSPS) is 19.5. The molecule has 1 aromatic rings. The molecule has 1 aliphatic rings. The maximum absolute atomic E-state index is 13.2. The minimum atomic E-state index is -1.10. The Labute approximate surface area is 74.8 Å². The predicted octanol–water partition coefficient (Wildman–Crippen LogP) is 0.322. The monoisotopic (exact) mass is 183 g/mol. The van der Waals surface area contributed by atoms with Gasteiger partial charge in [0.25, 0.3) is 0 Å². The highest BCUT2D eigenvalue weighted by Crippen LogP contribution is 2.29. The van der Waals surface area contributed by atoms with Crippen LogP contribution in [0.2, 0.25) is 0 Å². The molecule has 1 fully saturated rings. The van der Waals surface area contributed by atoms with Crippen molar-refractivity contribution in [3.05, 3.63) is 29.6 Å². The molecule has 1 aliphatic heterocycles. The second kappa shape index (κ2) is 2.68. The number of halogens is 1. The number of hydrogen-bond acceptors (Lipinski definition) is 3. The van der Waals surface area contributed by atoms with E-state index in [2.05, 4.69) is 5.32 Å². The van der Waals surface area contributed by atoms with Crippen LogP contribution in [-0.4, -0.2) is 23.3 Å². The van der Waals surface area contributed by atoms with Crippen molar-refractivity contribution in [1.82, 2.24) is 5.32 Å². The van der Waals surface area contributed by atoms with Crippen molar-refractivity contribution < 1.29 is 14.6 Å². The third kappa shape index (κ3) is 1.28. The topological polar surface area (TPSA) is 52.5 Å². The van der Waals surface area contributed by atoms with E-state index in [1.54, 1.807) is 0 Å². The standard InChI is InChI=1S/C9H10FNO2/c10-8-3-6(12)1-2-7(8)9(13)4-11-5-9/h1-3,11-13H,4-5H2. The molecule has 0 aliphatic carbocycles. The Morgan fingerprint density at radius 2 is 2.08 bits per heavy atom. The fourth-order valence-corrected chi connectivity index (χ4v) is 1.43. The van der Waals surface area contributed by atoms with Gasteiger partial charge in [0.1, 0.15) is 17.2 Å². The van der Waals surface area contributed by atoms with Gasteiger partial charge >= 0.3 is 0 Å². The quantitative estimate of drug-likeness (QED) is 0.587. The SMILES string of the molecule is Oc1ccc(C2(O)CNC2)c(F)c1. The lowest BCUT2D eigenvalue weighted by Crippen LogP contribution is -2.57. The van der Waals surface area contributed by atoms with Crippen molar-refractivity contribution in [2.75, 3.05) is 13.1 Å². The summed E-state index contributed by atoms with van der Waals surface area (Å²) in [6, 6.07) is 3.78. The number of hydrogen-bond donors (Lipinski definition) is 3. The van der Waals surface area contributed by atoms with Crippen LogP contribution in [0.15, 0.2) is 18.2 Å². The van der Waals surface area contributed by atoms with Gasteiger partial charge in [0.2, 0.25) is 0 Å².